The summed E-state index contributed by atoms with van der Waals surface area (Å²) in [5.74, 6) is -0.772. The van der Waals surface area contributed by atoms with Gasteiger partial charge in [-0.25, -0.2) is 12.8 Å². The minimum atomic E-state index is -3.84. The van der Waals surface area contributed by atoms with Gasteiger partial charge in [-0.15, -0.1) is 0 Å². The Morgan fingerprint density at radius 2 is 2.00 bits per heavy atom. The average molecular weight is 274 g/mol. The summed E-state index contributed by atoms with van der Waals surface area (Å²) in [4.78, 5) is -0.357. The van der Waals surface area contributed by atoms with Gasteiger partial charge in [0.1, 0.15) is 10.7 Å². The van der Waals surface area contributed by atoms with E-state index in [0.717, 1.165) is 12.1 Å². The van der Waals surface area contributed by atoms with Crippen LogP contribution in [-0.2, 0) is 10.0 Å². The molecule has 0 aliphatic heterocycles. The van der Waals surface area contributed by atoms with Crippen molar-refractivity contribution in [3.63, 3.8) is 0 Å². The lowest BCUT2D eigenvalue weighted by atomic mass is 10.3. The lowest BCUT2D eigenvalue weighted by Crippen LogP contribution is -2.37. The Labute approximate surface area is 108 Å². The molecule has 6 heteroatoms. The molecule has 0 amide bonds. The van der Waals surface area contributed by atoms with Crippen LogP contribution in [0.15, 0.2) is 23.1 Å². The minimum absolute atomic E-state index is 0.226. The molecule has 0 aliphatic rings. The summed E-state index contributed by atoms with van der Waals surface area (Å²) < 4.78 is 39.7. The van der Waals surface area contributed by atoms with Crippen molar-refractivity contribution in [2.75, 3.05) is 12.3 Å². The first kappa shape index (κ1) is 14.9. The van der Waals surface area contributed by atoms with Gasteiger partial charge in [-0.05, 0) is 38.5 Å². The molecule has 0 aliphatic carbocycles. The van der Waals surface area contributed by atoms with Crippen LogP contribution in [0.2, 0.25) is 0 Å². The Bertz CT molecular complexity index is 515. The molecular formula is C12H19FN2O2S. The monoisotopic (exact) mass is 274 g/mol. The van der Waals surface area contributed by atoms with E-state index in [2.05, 4.69) is 0 Å². The van der Waals surface area contributed by atoms with Crippen molar-refractivity contribution >= 4 is 15.7 Å². The van der Waals surface area contributed by atoms with E-state index in [1.807, 2.05) is 6.92 Å². The van der Waals surface area contributed by atoms with Gasteiger partial charge in [0.2, 0.25) is 10.0 Å². The molecule has 0 saturated heterocycles. The van der Waals surface area contributed by atoms with Gasteiger partial charge in [0.25, 0.3) is 0 Å². The molecule has 18 heavy (non-hydrogen) atoms. The number of sulfonamides is 1. The average Bonchev–Trinajstić information content (AvgIpc) is 2.28. The van der Waals surface area contributed by atoms with Crippen LogP contribution in [0.1, 0.15) is 27.2 Å². The fourth-order valence-electron chi connectivity index (χ4n) is 1.72. The number of halogens is 1. The number of hydrogen-bond donors (Lipinski definition) is 1. The number of rotatable bonds is 5. The van der Waals surface area contributed by atoms with Crippen LogP contribution in [0.3, 0.4) is 0 Å². The first-order valence-corrected chi connectivity index (χ1v) is 7.31. The number of nitrogen functional groups attached to an aromatic ring is 1. The summed E-state index contributed by atoms with van der Waals surface area (Å²) >= 11 is 0. The van der Waals surface area contributed by atoms with E-state index in [1.165, 1.54) is 10.4 Å². The maximum atomic E-state index is 13.7. The molecular weight excluding hydrogens is 255 g/mol. The summed E-state index contributed by atoms with van der Waals surface area (Å²) in [5.41, 5.74) is 5.76. The van der Waals surface area contributed by atoms with Crippen molar-refractivity contribution in [2.45, 2.75) is 38.1 Å². The van der Waals surface area contributed by atoms with Crippen LogP contribution in [0.4, 0.5) is 10.1 Å². The predicted octanol–water partition coefficient (Wildman–Crippen LogP) is 2.22. The fourth-order valence-corrected chi connectivity index (χ4v) is 3.55. The third-order valence-electron chi connectivity index (χ3n) is 2.56. The van der Waals surface area contributed by atoms with Crippen LogP contribution in [0.25, 0.3) is 0 Å². The van der Waals surface area contributed by atoms with Crippen molar-refractivity contribution in [2.24, 2.45) is 0 Å². The second-order valence-corrected chi connectivity index (χ2v) is 6.26. The molecule has 4 nitrogen and oxygen atoms in total. The molecule has 0 spiro atoms. The summed E-state index contributed by atoms with van der Waals surface area (Å²) in [6.45, 7) is 5.75. The van der Waals surface area contributed by atoms with Crippen LogP contribution in [0.5, 0.6) is 0 Å². The van der Waals surface area contributed by atoms with Gasteiger partial charge < -0.3 is 5.73 Å². The smallest absolute Gasteiger partial charge is 0.246 e. The molecule has 0 fully saturated rings. The number of hydrogen-bond acceptors (Lipinski definition) is 3. The zero-order valence-electron chi connectivity index (χ0n) is 10.9. The highest BCUT2D eigenvalue weighted by Crippen LogP contribution is 2.23. The molecule has 0 heterocycles. The van der Waals surface area contributed by atoms with Crippen molar-refractivity contribution in [3.8, 4) is 0 Å². The fraction of sp³-hybridized carbons (Fsp3) is 0.500. The number of benzene rings is 1. The normalized spacial score (nSPS) is 12.3. The first-order valence-electron chi connectivity index (χ1n) is 5.87. The van der Waals surface area contributed by atoms with Gasteiger partial charge in [0.05, 0.1) is 0 Å². The molecule has 0 saturated carbocycles. The van der Waals surface area contributed by atoms with E-state index in [4.69, 9.17) is 5.73 Å². The second kappa shape index (κ2) is 5.67. The zero-order chi connectivity index (χ0) is 13.9. The van der Waals surface area contributed by atoms with E-state index in [-0.39, 0.29) is 16.6 Å². The van der Waals surface area contributed by atoms with Gasteiger partial charge >= 0.3 is 0 Å². The molecule has 0 aromatic heterocycles. The molecule has 1 aromatic rings. The standard InChI is InChI=1S/C12H19FN2O2S/c1-4-7-15(9(2)3)18(16,17)12-8-10(14)5-6-11(12)13/h5-6,8-9H,4,7,14H2,1-3H3. The van der Waals surface area contributed by atoms with E-state index in [9.17, 15) is 12.8 Å². The van der Waals surface area contributed by atoms with Gasteiger partial charge in [0.15, 0.2) is 0 Å². The Hall–Kier alpha value is -1.14. The second-order valence-electron chi connectivity index (χ2n) is 4.40. The largest absolute Gasteiger partial charge is 0.399 e. The summed E-state index contributed by atoms with van der Waals surface area (Å²) in [5, 5.41) is 0. The molecule has 2 N–H and O–H groups in total. The lowest BCUT2D eigenvalue weighted by molar-refractivity contribution is 0.352. The molecule has 0 radical (unpaired) electrons. The summed E-state index contributed by atoms with van der Waals surface area (Å²) in [6.07, 6.45) is 0.668. The van der Waals surface area contributed by atoms with Crippen LogP contribution < -0.4 is 5.73 Å². The highest BCUT2D eigenvalue weighted by molar-refractivity contribution is 7.89. The van der Waals surface area contributed by atoms with Crippen molar-refractivity contribution in [1.82, 2.24) is 4.31 Å². The quantitative estimate of drug-likeness (QED) is 0.837. The zero-order valence-corrected chi connectivity index (χ0v) is 11.7. The van der Waals surface area contributed by atoms with Crippen molar-refractivity contribution in [1.29, 1.82) is 0 Å². The van der Waals surface area contributed by atoms with E-state index >= 15 is 0 Å². The van der Waals surface area contributed by atoms with Crippen LogP contribution in [-0.4, -0.2) is 25.3 Å². The first-order chi connectivity index (χ1) is 8.30. The third-order valence-corrected chi connectivity index (χ3v) is 4.65. The van der Waals surface area contributed by atoms with Crippen LogP contribution in [0, 0.1) is 5.82 Å². The Morgan fingerprint density at radius 3 is 2.50 bits per heavy atom. The SMILES string of the molecule is CCCN(C(C)C)S(=O)(=O)c1cc(N)ccc1F. The highest BCUT2D eigenvalue weighted by Gasteiger charge is 2.29. The minimum Gasteiger partial charge on any atom is -0.399 e. The van der Waals surface area contributed by atoms with E-state index in [1.54, 1.807) is 13.8 Å². The number of nitrogens with two attached hydrogens (primary N) is 1. The molecule has 0 bridgehead atoms. The maximum absolute atomic E-state index is 13.7. The highest BCUT2D eigenvalue weighted by atomic mass is 32.2. The maximum Gasteiger partial charge on any atom is 0.246 e. The molecule has 102 valence electrons. The predicted molar refractivity (Wildman–Crippen MR) is 70.1 cm³/mol. The molecule has 1 aromatic carbocycles. The number of anilines is 1. The summed E-state index contributed by atoms with van der Waals surface area (Å²) in [6, 6.07) is 3.35. The Morgan fingerprint density at radius 1 is 1.39 bits per heavy atom. The Kier molecular flexibility index (Phi) is 4.70. The van der Waals surface area contributed by atoms with Crippen LogP contribution >= 0.6 is 0 Å². The van der Waals surface area contributed by atoms with Gasteiger partial charge in [-0.3, -0.25) is 0 Å². The van der Waals surface area contributed by atoms with E-state index < -0.39 is 15.8 Å². The van der Waals surface area contributed by atoms with Crippen molar-refractivity contribution in [3.05, 3.63) is 24.0 Å². The van der Waals surface area contributed by atoms with Gasteiger partial charge in [0, 0.05) is 18.3 Å². The van der Waals surface area contributed by atoms with Gasteiger partial charge in [-0.1, -0.05) is 6.92 Å². The number of nitrogens with zero attached hydrogens (tertiary/aromatic N) is 1. The Balaban J connectivity index is 3.30. The molecule has 0 unspecified atom stereocenters. The van der Waals surface area contributed by atoms with E-state index in [0.29, 0.717) is 13.0 Å². The topological polar surface area (TPSA) is 63.4 Å². The molecule has 1 rings (SSSR count). The van der Waals surface area contributed by atoms with Gasteiger partial charge in [-0.2, -0.15) is 4.31 Å². The van der Waals surface area contributed by atoms with Crippen molar-refractivity contribution < 1.29 is 12.8 Å². The third kappa shape index (κ3) is 3.00. The molecule has 0 atom stereocenters. The lowest BCUT2D eigenvalue weighted by Gasteiger charge is -2.25. The summed E-state index contributed by atoms with van der Waals surface area (Å²) in [7, 11) is -3.84.